The molecule has 4 nitrogen and oxygen atoms in total. The number of ether oxygens (including phenoxy) is 1. The maximum absolute atomic E-state index is 13.6. The zero-order chi connectivity index (χ0) is 23.6. The van der Waals surface area contributed by atoms with Crippen molar-refractivity contribution in [3.05, 3.63) is 24.5 Å². The van der Waals surface area contributed by atoms with Crippen LogP contribution in [0.25, 0.3) is 0 Å². The van der Waals surface area contributed by atoms with Gasteiger partial charge in [-0.2, -0.15) is 0 Å². The largest absolute Gasteiger partial charge is 0.387 e. The predicted molar refractivity (Wildman–Crippen MR) is 121 cm³/mol. The second kappa shape index (κ2) is 7.73. The summed E-state index contributed by atoms with van der Waals surface area (Å²) >= 11 is 0. The SMILES string of the molecule is [2H]C(C(=O)[C@@]1([2H])CC[C@H]2[C@@H]3CC[C@H]4C[C@@](O)(COC)CC[C@]4(C)[C@H]3CC[C@@]21C)n1cccc1. The molecular formula is C27H41NO3. The van der Waals surface area contributed by atoms with Gasteiger partial charge in [0, 0.05) is 26.8 Å². The van der Waals surface area contributed by atoms with Crippen molar-refractivity contribution in [2.24, 2.45) is 40.4 Å². The van der Waals surface area contributed by atoms with Crippen molar-refractivity contribution < 1.29 is 17.4 Å². The summed E-state index contributed by atoms with van der Waals surface area (Å²) in [5.41, 5.74) is -0.816. The van der Waals surface area contributed by atoms with Gasteiger partial charge < -0.3 is 14.4 Å². The second-order valence-corrected chi connectivity index (χ2v) is 11.6. The lowest BCUT2D eigenvalue weighted by atomic mass is 9.44. The first-order valence-corrected chi connectivity index (χ1v) is 12.4. The first kappa shape index (κ1) is 19.3. The van der Waals surface area contributed by atoms with E-state index in [-0.39, 0.29) is 16.6 Å². The molecule has 1 aromatic rings. The average Bonchev–Trinajstić information content (AvgIpc) is 3.41. The Kier molecular flexibility index (Phi) is 4.82. The number of rotatable bonds is 5. The summed E-state index contributed by atoms with van der Waals surface area (Å²) in [6, 6.07) is 3.68. The van der Waals surface area contributed by atoms with Crippen LogP contribution < -0.4 is 0 Å². The number of nitrogens with zero attached hydrogens (tertiary/aromatic N) is 1. The number of hydrogen-bond donors (Lipinski definition) is 1. The number of fused-ring (bicyclic) bond motifs is 5. The molecule has 0 bridgehead atoms. The van der Waals surface area contributed by atoms with Crippen molar-refractivity contribution in [3.63, 3.8) is 0 Å². The molecule has 1 heterocycles. The Morgan fingerprint density at radius 3 is 2.58 bits per heavy atom. The summed E-state index contributed by atoms with van der Waals surface area (Å²) in [6.45, 7) is 4.05. The quantitative estimate of drug-likeness (QED) is 0.709. The maximum atomic E-state index is 13.6. The Morgan fingerprint density at radius 1 is 1.10 bits per heavy atom. The molecule has 4 aliphatic rings. The molecule has 4 heteroatoms. The number of ketones is 1. The number of carbonyl (C=O) groups is 1. The number of Topliss-reactive ketones (excluding diaryl/α,β-unsaturated/α-hetero) is 1. The van der Waals surface area contributed by atoms with Crippen LogP contribution in [0.1, 0.15) is 74.4 Å². The molecule has 0 aliphatic heterocycles. The lowest BCUT2D eigenvalue weighted by Crippen LogP contribution is -2.56. The molecule has 0 saturated heterocycles. The Hall–Kier alpha value is -1.13. The number of aromatic nitrogens is 1. The first-order valence-electron chi connectivity index (χ1n) is 13.5. The van der Waals surface area contributed by atoms with Crippen molar-refractivity contribution >= 4 is 5.78 Å². The smallest absolute Gasteiger partial charge is 0.156 e. The lowest BCUT2D eigenvalue weighted by Gasteiger charge is -2.62. The molecule has 1 aromatic heterocycles. The minimum Gasteiger partial charge on any atom is -0.387 e. The molecule has 1 unspecified atom stereocenters. The van der Waals surface area contributed by atoms with Gasteiger partial charge in [0.25, 0.3) is 0 Å². The van der Waals surface area contributed by atoms with Gasteiger partial charge >= 0.3 is 0 Å². The number of methoxy groups -OCH3 is 1. The van der Waals surface area contributed by atoms with Crippen LogP contribution in [0.4, 0.5) is 0 Å². The highest BCUT2D eigenvalue weighted by atomic mass is 16.5. The monoisotopic (exact) mass is 429 g/mol. The number of carbonyl (C=O) groups excluding carboxylic acids is 1. The molecule has 0 aromatic carbocycles. The zero-order valence-corrected chi connectivity index (χ0v) is 19.5. The predicted octanol–water partition coefficient (Wildman–Crippen LogP) is 5.09. The summed E-state index contributed by atoms with van der Waals surface area (Å²) < 4.78 is 25.0. The Morgan fingerprint density at radius 2 is 1.84 bits per heavy atom. The third-order valence-corrected chi connectivity index (χ3v) is 10.2. The van der Waals surface area contributed by atoms with E-state index in [0.29, 0.717) is 36.7 Å². The molecule has 5 rings (SSSR count). The minimum atomic E-state index is -1.18. The highest BCUT2D eigenvalue weighted by Gasteiger charge is 2.62. The maximum Gasteiger partial charge on any atom is 0.156 e. The molecule has 1 N–H and O–H groups in total. The van der Waals surface area contributed by atoms with E-state index in [2.05, 4.69) is 13.8 Å². The standard InChI is InChI=1S/C27H41NO3/c1-25-12-13-27(30,18-31-3)16-19(25)6-7-20-21-8-9-23(26(21,2)11-10-22(20)25)24(29)17-28-14-4-5-15-28/h4-5,14-15,19-23,30H,6-13,16-18H2,1-3H3/t19-,20-,21-,22-,23+,25-,26-,27+/m0/s1/i17D,23D/t17?,19-,20-,21-,22-,23+,25-,26-,27+. The van der Waals surface area contributed by atoms with E-state index in [1.807, 2.05) is 12.1 Å². The van der Waals surface area contributed by atoms with Gasteiger partial charge in [-0.15, -0.1) is 0 Å². The van der Waals surface area contributed by atoms with Gasteiger partial charge in [0.2, 0.25) is 0 Å². The molecule has 4 saturated carbocycles. The van der Waals surface area contributed by atoms with E-state index in [9.17, 15) is 11.3 Å². The van der Waals surface area contributed by atoms with Gasteiger partial charge in [0.1, 0.15) is 0 Å². The van der Waals surface area contributed by atoms with Crippen molar-refractivity contribution in [1.82, 2.24) is 4.57 Å². The molecule has 0 spiro atoms. The van der Waals surface area contributed by atoms with Crippen LogP contribution in [-0.2, 0) is 16.1 Å². The topological polar surface area (TPSA) is 51.5 Å². The molecule has 0 amide bonds. The third-order valence-electron chi connectivity index (χ3n) is 10.2. The van der Waals surface area contributed by atoms with Crippen molar-refractivity contribution in [3.8, 4) is 0 Å². The summed E-state index contributed by atoms with van der Waals surface area (Å²) in [7, 11) is 1.68. The van der Waals surface area contributed by atoms with Gasteiger partial charge in [-0.05, 0) is 104 Å². The lowest BCUT2D eigenvalue weighted by molar-refractivity contribution is -0.164. The first-order chi connectivity index (χ1) is 15.6. The van der Waals surface area contributed by atoms with E-state index in [0.717, 1.165) is 51.4 Å². The van der Waals surface area contributed by atoms with Crippen LogP contribution in [-0.4, -0.2) is 34.8 Å². The minimum absolute atomic E-state index is 0.227. The molecule has 4 aliphatic carbocycles. The summed E-state index contributed by atoms with van der Waals surface area (Å²) in [5.74, 6) is 0.649. The van der Waals surface area contributed by atoms with Gasteiger partial charge in [0.05, 0.1) is 20.1 Å². The Balaban J connectivity index is 1.38. The van der Waals surface area contributed by atoms with E-state index < -0.39 is 18.0 Å². The highest BCUT2D eigenvalue weighted by Crippen LogP contribution is 2.68. The van der Waals surface area contributed by atoms with Gasteiger partial charge in [-0.1, -0.05) is 13.8 Å². The van der Waals surface area contributed by atoms with E-state index >= 15 is 0 Å². The molecule has 172 valence electrons. The fraction of sp³-hybridized carbons (Fsp3) is 0.815. The Bertz CT molecular complexity index is 892. The average molecular weight is 430 g/mol. The van der Waals surface area contributed by atoms with E-state index in [1.165, 1.54) is 0 Å². The van der Waals surface area contributed by atoms with Gasteiger partial charge in [-0.3, -0.25) is 4.79 Å². The van der Waals surface area contributed by atoms with Gasteiger partial charge in [0.15, 0.2) is 5.78 Å². The Labute approximate surface area is 190 Å². The summed E-state index contributed by atoms with van der Waals surface area (Å²) in [5, 5.41) is 11.1. The van der Waals surface area contributed by atoms with Crippen LogP contribution in [0, 0.1) is 40.4 Å². The fourth-order valence-electron chi connectivity index (χ4n) is 8.59. The summed E-state index contributed by atoms with van der Waals surface area (Å²) in [6.07, 6.45) is 11.9. The van der Waals surface area contributed by atoms with Crippen molar-refractivity contribution in [2.45, 2.75) is 83.8 Å². The van der Waals surface area contributed by atoms with E-state index in [4.69, 9.17) is 6.11 Å². The summed E-state index contributed by atoms with van der Waals surface area (Å²) in [4.78, 5) is 13.6. The van der Waals surface area contributed by atoms with Crippen LogP contribution >= 0.6 is 0 Å². The van der Waals surface area contributed by atoms with Crippen molar-refractivity contribution in [2.75, 3.05) is 13.7 Å². The third kappa shape index (κ3) is 3.44. The molecule has 31 heavy (non-hydrogen) atoms. The molecule has 0 radical (unpaired) electrons. The number of hydrogen-bond acceptors (Lipinski definition) is 3. The molecule has 4 fully saturated rings. The van der Waals surface area contributed by atoms with Crippen LogP contribution in [0.15, 0.2) is 24.5 Å². The van der Waals surface area contributed by atoms with Crippen LogP contribution in [0.2, 0.25) is 0 Å². The normalized spacial score (nSPS) is 51.1. The zero-order valence-electron chi connectivity index (χ0n) is 21.5. The second-order valence-electron chi connectivity index (χ2n) is 11.6. The van der Waals surface area contributed by atoms with E-state index in [1.54, 1.807) is 24.1 Å². The van der Waals surface area contributed by atoms with Crippen LogP contribution in [0.5, 0.6) is 0 Å². The van der Waals surface area contributed by atoms with Gasteiger partial charge in [-0.25, -0.2) is 0 Å². The number of aliphatic hydroxyl groups is 1. The van der Waals surface area contributed by atoms with Crippen molar-refractivity contribution in [1.29, 1.82) is 0 Å². The molecular weight excluding hydrogens is 386 g/mol. The molecule has 9 atom stereocenters. The fourth-order valence-corrected chi connectivity index (χ4v) is 8.59. The van der Waals surface area contributed by atoms with Crippen LogP contribution in [0.3, 0.4) is 0 Å². The highest BCUT2D eigenvalue weighted by molar-refractivity contribution is 5.82.